The number of aliphatic hydroxyl groups excluding tert-OH is 1. The molecule has 0 aliphatic carbocycles. The van der Waals surface area contributed by atoms with E-state index in [0.717, 1.165) is 11.1 Å². The van der Waals surface area contributed by atoms with Crippen molar-refractivity contribution in [2.24, 2.45) is 0 Å². The Hall–Kier alpha value is -3.90. The van der Waals surface area contributed by atoms with E-state index in [9.17, 15) is 14.7 Å². The van der Waals surface area contributed by atoms with Crippen LogP contribution in [0.5, 0.6) is 5.75 Å². The highest BCUT2D eigenvalue weighted by atomic mass is 16.5. The van der Waals surface area contributed by atoms with Gasteiger partial charge in [-0.3, -0.25) is 9.59 Å². The number of carbonyl (C=O) groups is 1. The van der Waals surface area contributed by atoms with Gasteiger partial charge in [-0.1, -0.05) is 48.5 Å². The zero-order valence-corrected chi connectivity index (χ0v) is 18.5. The van der Waals surface area contributed by atoms with Gasteiger partial charge in [-0.25, -0.2) is 0 Å². The van der Waals surface area contributed by atoms with E-state index in [4.69, 9.17) is 9.15 Å². The predicted molar refractivity (Wildman–Crippen MR) is 128 cm³/mol. The van der Waals surface area contributed by atoms with Gasteiger partial charge in [0.2, 0.25) is 0 Å². The summed E-state index contributed by atoms with van der Waals surface area (Å²) in [5.74, 6) is 0.640. The van der Waals surface area contributed by atoms with Gasteiger partial charge in [0.25, 0.3) is 5.91 Å². The average Bonchev–Trinajstić information content (AvgIpc) is 2.83. The van der Waals surface area contributed by atoms with E-state index >= 15 is 0 Å². The van der Waals surface area contributed by atoms with E-state index in [1.165, 1.54) is 0 Å². The van der Waals surface area contributed by atoms with Gasteiger partial charge in [-0.2, -0.15) is 0 Å². The highest BCUT2D eigenvalue weighted by molar-refractivity contribution is 6.05. The molecule has 6 nitrogen and oxygen atoms in total. The lowest BCUT2D eigenvalue weighted by Crippen LogP contribution is -2.35. The second-order valence-electron chi connectivity index (χ2n) is 7.92. The summed E-state index contributed by atoms with van der Waals surface area (Å²) < 4.78 is 11.7. The Morgan fingerprint density at radius 3 is 2.55 bits per heavy atom. The highest BCUT2D eigenvalue weighted by Gasteiger charge is 2.19. The number of fused-ring (bicyclic) bond motifs is 1. The summed E-state index contributed by atoms with van der Waals surface area (Å²) in [5, 5.41) is 13.3. The molecule has 0 saturated carbocycles. The van der Waals surface area contributed by atoms with Crippen LogP contribution < -0.4 is 15.5 Å². The smallest absolute Gasteiger partial charge is 0.255 e. The summed E-state index contributed by atoms with van der Waals surface area (Å²) in [7, 11) is 0. The lowest BCUT2D eigenvalue weighted by molar-refractivity contribution is 0.0844. The molecule has 168 valence electrons. The number of nitrogens with one attached hydrogen (secondary N) is 1. The minimum atomic E-state index is -0.904. The molecule has 2 N–H and O–H groups in total. The third kappa shape index (κ3) is 4.96. The van der Waals surface area contributed by atoms with Crippen LogP contribution in [-0.2, 0) is 0 Å². The van der Waals surface area contributed by atoms with Crippen LogP contribution in [0.2, 0.25) is 0 Å². The van der Waals surface area contributed by atoms with E-state index in [0.29, 0.717) is 22.5 Å². The molecule has 0 saturated heterocycles. The molecule has 0 radical (unpaired) electrons. The number of para-hydroxylation sites is 1. The van der Waals surface area contributed by atoms with E-state index in [-0.39, 0.29) is 29.7 Å². The van der Waals surface area contributed by atoms with Gasteiger partial charge in [0.1, 0.15) is 24.2 Å². The van der Waals surface area contributed by atoms with Gasteiger partial charge in [0.05, 0.1) is 10.9 Å². The predicted octanol–water partition coefficient (Wildman–Crippen LogP) is 4.25. The minimum absolute atomic E-state index is 0.0112. The summed E-state index contributed by atoms with van der Waals surface area (Å²) >= 11 is 0. The molecule has 0 fully saturated rings. The normalized spacial score (nSPS) is 11.8. The van der Waals surface area contributed by atoms with Crippen LogP contribution in [0.25, 0.3) is 22.3 Å². The fourth-order valence-corrected chi connectivity index (χ4v) is 3.62. The minimum Gasteiger partial charge on any atom is -0.491 e. The molecule has 1 amide bonds. The number of ether oxygens (including phenoxy) is 1. The molecular formula is C27H25NO5. The van der Waals surface area contributed by atoms with Crippen molar-refractivity contribution in [1.29, 1.82) is 0 Å². The monoisotopic (exact) mass is 443 g/mol. The number of hydrogen-bond acceptors (Lipinski definition) is 5. The molecule has 0 aliphatic heterocycles. The molecule has 1 atom stereocenters. The Morgan fingerprint density at radius 2 is 1.79 bits per heavy atom. The van der Waals surface area contributed by atoms with Crippen LogP contribution in [-0.4, -0.2) is 30.3 Å². The number of rotatable bonds is 7. The zero-order valence-electron chi connectivity index (χ0n) is 18.5. The van der Waals surface area contributed by atoms with E-state index < -0.39 is 12.0 Å². The molecule has 0 aliphatic rings. The molecule has 3 aromatic carbocycles. The van der Waals surface area contributed by atoms with Crippen LogP contribution in [0, 0.1) is 13.8 Å². The summed E-state index contributed by atoms with van der Waals surface area (Å²) in [6, 6.07) is 21.7. The standard InChI is InChI=1S/C27H25NO5/c1-17-8-6-11-21(14-17)32-16-20(29)15-28-27(31)23-13-7-12-22-24(30)18(2)25(33-26(22)23)19-9-4-3-5-10-19/h3-14,20,29H,15-16H2,1-2H3,(H,28,31). The number of carbonyl (C=O) groups excluding carboxylic acids is 1. The SMILES string of the molecule is Cc1cccc(OCC(O)CNC(=O)c2cccc3c(=O)c(C)c(-c4ccccc4)oc23)c1. The first-order valence-electron chi connectivity index (χ1n) is 10.7. The first kappa shape index (κ1) is 22.3. The Balaban J connectivity index is 1.53. The van der Waals surface area contributed by atoms with Gasteiger partial charge in [0.15, 0.2) is 11.0 Å². The van der Waals surface area contributed by atoms with Crippen molar-refractivity contribution < 1.29 is 19.1 Å². The first-order chi connectivity index (χ1) is 15.9. The lowest BCUT2D eigenvalue weighted by Gasteiger charge is -2.14. The Labute approximate surface area is 191 Å². The second-order valence-corrected chi connectivity index (χ2v) is 7.92. The van der Waals surface area contributed by atoms with Gasteiger partial charge >= 0.3 is 0 Å². The van der Waals surface area contributed by atoms with E-state index in [2.05, 4.69) is 5.32 Å². The fraction of sp³-hybridized carbons (Fsp3) is 0.185. The fourth-order valence-electron chi connectivity index (χ4n) is 3.62. The molecule has 0 bridgehead atoms. The Kier molecular flexibility index (Phi) is 6.56. The number of aliphatic hydroxyl groups is 1. The van der Waals surface area contributed by atoms with E-state index in [1.54, 1.807) is 25.1 Å². The summed E-state index contributed by atoms with van der Waals surface area (Å²) in [6.07, 6.45) is -0.904. The van der Waals surface area contributed by atoms with E-state index in [1.807, 2.05) is 61.5 Å². The third-order valence-electron chi connectivity index (χ3n) is 5.36. The average molecular weight is 443 g/mol. The quantitative estimate of drug-likeness (QED) is 0.446. The largest absolute Gasteiger partial charge is 0.491 e. The maximum atomic E-state index is 13.0. The maximum Gasteiger partial charge on any atom is 0.255 e. The summed E-state index contributed by atoms with van der Waals surface area (Å²) in [6.45, 7) is 3.69. The van der Waals surface area contributed by atoms with Crippen molar-refractivity contribution in [1.82, 2.24) is 5.32 Å². The maximum absolute atomic E-state index is 13.0. The van der Waals surface area contributed by atoms with Crippen LogP contribution in [0.1, 0.15) is 21.5 Å². The third-order valence-corrected chi connectivity index (χ3v) is 5.36. The van der Waals surface area contributed by atoms with Crippen LogP contribution >= 0.6 is 0 Å². The van der Waals surface area contributed by atoms with Crippen LogP contribution in [0.4, 0.5) is 0 Å². The Bertz CT molecular complexity index is 1340. The molecule has 1 unspecified atom stereocenters. The van der Waals surface area contributed by atoms with Gasteiger partial charge in [-0.15, -0.1) is 0 Å². The first-order valence-corrected chi connectivity index (χ1v) is 10.7. The van der Waals surface area contributed by atoms with Crippen molar-refractivity contribution in [3.05, 3.63) is 99.7 Å². The Morgan fingerprint density at radius 1 is 1.03 bits per heavy atom. The molecule has 6 heteroatoms. The van der Waals surface area contributed by atoms with Gasteiger partial charge in [-0.05, 0) is 43.7 Å². The molecule has 4 rings (SSSR count). The highest BCUT2D eigenvalue weighted by Crippen LogP contribution is 2.27. The molecule has 1 heterocycles. The van der Waals surface area contributed by atoms with Crippen molar-refractivity contribution in [3.63, 3.8) is 0 Å². The van der Waals surface area contributed by atoms with Crippen LogP contribution in [0.15, 0.2) is 82.0 Å². The molecule has 33 heavy (non-hydrogen) atoms. The molecule has 0 spiro atoms. The van der Waals surface area contributed by atoms with Crippen molar-refractivity contribution in [3.8, 4) is 17.1 Å². The van der Waals surface area contributed by atoms with Crippen molar-refractivity contribution in [2.75, 3.05) is 13.2 Å². The molecule has 4 aromatic rings. The molecule has 1 aromatic heterocycles. The second kappa shape index (κ2) is 9.71. The zero-order chi connectivity index (χ0) is 23.4. The topological polar surface area (TPSA) is 88.8 Å². The number of hydrogen-bond donors (Lipinski definition) is 2. The number of amides is 1. The number of benzene rings is 3. The lowest BCUT2D eigenvalue weighted by atomic mass is 10.0. The number of aryl methyl sites for hydroxylation is 1. The van der Waals surface area contributed by atoms with Crippen LogP contribution in [0.3, 0.4) is 0 Å². The van der Waals surface area contributed by atoms with Crippen molar-refractivity contribution >= 4 is 16.9 Å². The summed E-state index contributed by atoms with van der Waals surface area (Å²) in [5.41, 5.74) is 2.56. The van der Waals surface area contributed by atoms with Gasteiger partial charge in [0, 0.05) is 17.7 Å². The van der Waals surface area contributed by atoms with Crippen molar-refractivity contribution in [2.45, 2.75) is 20.0 Å². The summed E-state index contributed by atoms with van der Waals surface area (Å²) in [4.78, 5) is 25.9. The molecular weight excluding hydrogens is 418 g/mol. The van der Waals surface area contributed by atoms with Gasteiger partial charge < -0.3 is 19.6 Å².